The minimum atomic E-state index is -0.908. The van der Waals surface area contributed by atoms with Gasteiger partial charge >= 0.3 is 0 Å². The van der Waals surface area contributed by atoms with Crippen LogP contribution in [0.3, 0.4) is 0 Å². The predicted octanol–water partition coefficient (Wildman–Crippen LogP) is 5.08. The minimum absolute atomic E-state index is 0.00126. The normalized spacial score (nSPS) is 16.5. The van der Waals surface area contributed by atoms with Crippen molar-refractivity contribution in [1.82, 2.24) is 36.0 Å². The zero-order valence-electron chi connectivity index (χ0n) is 50.3. The molecule has 0 bridgehead atoms. The molecule has 21 nitrogen and oxygen atoms in total. The third-order valence-corrected chi connectivity index (χ3v) is 15.3. The monoisotopic (exact) mass is 1190 g/mol. The smallest absolute Gasteiger partial charge is 0.251 e. The van der Waals surface area contributed by atoms with Crippen LogP contribution in [-0.2, 0) is 58.9 Å². The molecule has 82 heavy (non-hydrogen) atoms. The van der Waals surface area contributed by atoms with Gasteiger partial charge in [-0.25, -0.2) is 0 Å². The first-order chi connectivity index (χ1) is 39.0. The second-order valence-corrected chi connectivity index (χ2v) is 22.4. The van der Waals surface area contributed by atoms with E-state index in [-0.39, 0.29) is 103 Å². The molecule has 0 aliphatic carbocycles. The first kappa shape index (κ1) is 71.0. The molecule has 2 aromatic carbocycles. The highest BCUT2D eigenvalue weighted by molar-refractivity contribution is 6.30. The van der Waals surface area contributed by atoms with Gasteiger partial charge in [0.05, 0.1) is 61.3 Å². The van der Waals surface area contributed by atoms with Gasteiger partial charge < -0.3 is 55.7 Å². The number of methoxy groups -OCH3 is 2. The number of Topliss-reactive ketones (excluding diaryl/α,β-unsaturated/α-hetero) is 1. The second kappa shape index (κ2) is 37.1. The Hall–Kier alpha value is -5.26. The van der Waals surface area contributed by atoms with Gasteiger partial charge in [-0.2, -0.15) is 0 Å². The molecule has 2 aromatic rings. The van der Waals surface area contributed by atoms with E-state index >= 15 is 0 Å². The number of likely N-dealkylation sites (tertiary alicyclic amines) is 1. The number of hydrogen-bond donors (Lipinski definition) is 6. The van der Waals surface area contributed by atoms with Gasteiger partial charge in [-0.3, -0.25) is 48.2 Å². The van der Waals surface area contributed by atoms with E-state index in [0.717, 1.165) is 5.56 Å². The Morgan fingerprint density at radius 1 is 0.720 bits per heavy atom. The number of hydrogen-bond acceptors (Lipinski definition) is 14. The zero-order chi connectivity index (χ0) is 61.1. The van der Waals surface area contributed by atoms with Crippen molar-refractivity contribution in [1.29, 1.82) is 0 Å². The van der Waals surface area contributed by atoms with Crippen LogP contribution in [0.25, 0.3) is 0 Å². The first-order valence-corrected chi connectivity index (χ1v) is 29.6. The lowest BCUT2D eigenvalue weighted by atomic mass is 9.88. The summed E-state index contributed by atoms with van der Waals surface area (Å²) >= 11 is 11.2. The fourth-order valence-electron chi connectivity index (χ4n) is 10.3. The summed E-state index contributed by atoms with van der Waals surface area (Å²) in [6.45, 7) is 15.8. The summed E-state index contributed by atoms with van der Waals surface area (Å²) in [4.78, 5) is 113. The molecule has 6 N–H and O–H groups in total. The number of anilines is 2. The number of amides is 7. The Bertz CT molecular complexity index is 2340. The molecule has 0 saturated carbocycles. The van der Waals surface area contributed by atoms with Gasteiger partial charge in [0.1, 0.15) is 30.1 Å². The predicted molar refractivity (Wildman–Crippen MR) is 319 cm³/mol. The lowest BCUT2D eigenvalue weighted by Crippen LogP contribution is -2.59. The maximum Gasteiger partial charge on any atom is 0.251 e. The van der Waals surface area contributed by atoms with E-state index < -0.39 is 72.1 Å². The molecule has 0 radical (unpaired) electrons. The molecule has 1 aliphatic heterocycles. The van der Waals surface area contributed by atoms with Crippen LogP contribution in [-0.4, -0.2) is 198 Å². The van der Waals surface area contributed by atoms with Crippen LogP contribution >= 0.6 is 23.2 Å². The highest BCUT2D eigenvalue weighted by Gasteiger charge is 2.44. The van der Waals surface area contributed by atoms with Crippen LogP contribution in [0.1, 0.15) is 103 Å². The van der Waals surface area contributed by atoms with Crippen molar-refractivity contribution >= 4 is 81.7 Å². The molecule has 460 valence electrons. The molecule has 3 unspecified atom stereocenters. The van der Waals surface area contributed by atoms with Gasteiger partial charge in [0.2, 0.25) is 35.4 Å². The van der Waals surface area contributed by atoms with E-state index in [1.54, 1.807) is 26.0 Å². The number of ketones is 1. The Morgan fingerprint density at radius 3 is 1.95 bits per heavy atom. The van der Waals surface area contributed by atoms with Gasteiger partial charge in [-0.1, -0.05) is 78.3 Å². The molecule has 7 amide bonds. The quantitative estimate of drug-likeness (QED) is 0.0379. The summed E-state index contributed by atoms with van der Waals surface area (Å²) in [5.74, 6) is -4.45. The molecule has 3 rings (SSSR count). The summed E-state index contributed by atoms with van der Waals surface area (Å²) in [6.07, 6.45) is 1.95. The fourth-order valence-corrected chi connectivity index (χ4v) is 10.5. The average molecular weight is 1190 g/mol. The zero-order valence-corrected chi connectivity index (χ0v) is 51.8. The third-order valence-electron chi connectivity index (χ3n) is 14.8. The fraction of sp³-hybridized carbons (Fsp3) is 0.661. The lowest BCUT2D eigenvalue weighted by molar-refractivity contribution is -0.148. The molecule has 1 aliphatic rings. The van der Waals surface area contributed by atoms with Crippen molar-refractivity contribution in [3.8, 4) is 0 Å². The van der Waals surface area contributed by atoms with E-state index in [0.29, 0.717) is 58.4 Å². The van der Waals surface area contributed by atoms with Crippen LogP contribution in [0.4, 0.5) is 11.4 Å². The number of nitrogens with zero attached hydrogens (tertiary/aromatic N) is 3. The Kier molecular flexibility index (Phi) is 32.2. The number of benzene rings is 2. The number of nitrogens with one attached hydrogen (secondary N) is 6. The highest BCUT2D eigenvalue weighted by atomic mass is 35.5. The number of carbonyl (C=O) groups excluding carboxylic acids is 8. The maximum atomic E-state index is 14.5. The summed E-state index contributed by atoms with van der Waals surface area (Å²) in [5, 5.41) is 16.9. The number of carbonyl (C=O) groups is 8. The SMILES string of the molecule is CC[C@H](C)[C@@H]([C@@H](CC(=O)C1CCCN1[C@H](OC)[C@@H](C)C(=O)N[C@H](Cc1ccccc1)C(=O)NCCCCOCCOCCNC(=O)c1ccc(NC(=O)CCl)c(NC(=O)CCl)c1)OC)N(C)C(=O)C(NC(=O)C(C(C)C)N(C)C)C(C)C. The Morgan fingerprint density at radius 2 is 1.37 bits per heavy atom. The first-order valence-electron chi connectivity index (χ1n) is 28.5. The number of halogens is 2. The number of likely N-dealkylation sites (N-methyl/N-ethyl adjacent to an activating group) is 2. The standard InChI is InChI=1S/C59H93Cl2N9O12/c1-13-39(6)53(69(10)58(78)51(37(2)3)67-57(77)52(38(4)5)68(8)9)48(79-11)34-47(71)46-22-19-27-70(46)59(80-12)40(7)54(74)66-45(32-41-20-15-14-16-21-41)56(76)62-25-17-18-28-81-30-31-82-29-26-63-55(75)42-23-24-43(64-49(72)35-60)44(33-42)65-50(73)36-61/h14-16,20-21,23-24,33,37-40,45-46,48,51-53,59H,13,17-19,22,25-32,34-36H2,1-12H3,(H,62,76)(H,63,75)(H,64,72)(H,65,73)(H,66,74)(H,67,77)/t39-,40-,45+,46?,48+,51?,52?,53-,59+/m0/s1. The van der Waals surface area contributed by atoms with Crippen molar-refractivity contribution in [2.45, 2.75) is 136 Å². The third kappa shape index (κ3) is 22.4. The Labute approximate surface area is 496 Å². The second-order valence-electron chi connectivity index (χ2n) is 21.8. The van der Waals surface area contributed by atoms with Gasteiger partial charge in [0.25, 0.3) is 5.91 Å². The van der Waals surface area contributed by atoms with E-state index in [1.165, 1.54) is 25.3 Å². The topological polar surface area (TPSA) is 255 Å². The van der Waals surface area contributed by atoms with E-state index in [4.69, 9.17) is 42.1 Å². The van der Waals surface area contributed by atoms with Crippen molar-refractivity contribution < 1.29 is 57.3 Å². The number of unbranched alkanes of at least 4 members (excludes halogenated alkanes) is 1. The Balaban J connectivity index is 1.55. The summed E-state index contributed by atoms with van der Waals surface area (Å²) < 4.78 is 23.4. The number of ether oxygens (including phenoxy) is 4. The molecule has 1 saturated heterocycles. The summed E-state index contributed by atoms with van der Waals surface area (Å²) in [7, 11) is 8.46. The van der Waals surface area contributed by atoms with E-state index in [2.05, 4.69) is 31.9 Å². The highest BCUT2D eigenvalue weighted by Crippen LogP contribution is 2.30. The molecular formula is C59H93Cl2N9O12. The molecule has 1 fully saturated rings. The average Bonchev–Trinajstić information content (AvgIpc) is 4.15. The lowest BCUT2D eigenvalue weighted by Gasteiger charge is -2.41. The van der Waals surface area contributed by atoms with E-state index in [9.17, 15) is 38.4 Å². The van der Waals surface area contributed by atoms with Crippen LogP contribution < -0.4 is 31.9 Å². The number of rotatable bonds is 38. The minimum Gasteiger partial charge on any atom is -0.379 e. The van der Waals surface area contributed by atoms with Crippen molar-refractivity contribution in [2.75, 3.05) is 104 Å². The van der Waals surface area contributed by atoms with Gasteiger partial charge in [-0.15, -0.1) is 23.2 Å². The van der Waals surface area contributed by atoms with Gasteiger partial charge in [-0.05, 0) is 88.2 Å². The summed E-state index contributed by atoms with van der Waals surface area (Å²) in [5.41, 5.74) is 1.55. The molecule has 1 heterocycles. The molecule has 9 atom stereocenters. The maximum absolute atomic E-state index is 14.5. The van der Waals surface area contributed by atoms with Gasteiger partial charge in [0, 0.05) is 65.9 Å². The van der Waals surface area contributed by atoms with Crippen LogP contribution in [0.2, 0.25) is 0 Å². The van der Waals surface area contributed by atoms with Crippen molar-refractivity contribution in [3.05, 3.63) is 59.7 Å². The number of alkyl halides is 2. The van der Waals surface area contributed by atoms with Crippen LogP contribution in [0.5, 0.6) is 0 Å². The van der Waals surface area contributed by atoms with Crippen LogP contribution in [0.15, 0.2) is 48.5 Å². The molecular weight excluding hydrogens is 1100 g/mol. The largest absolute Gasteiger partial charge is 0.379 e. The molecule has 23 heteroatoms. The molecule has 0 aromatic heterocycles. The van der Waals surface area contributed by atoms with E-state index in [1.807, 2.05) is 95.8 Å². The summed E-state index contributed by atoms with van der Waals surface area (Å²) in [6, 6.07) is 10.6. The molecule has 0 spiro atoms. The van der Waals surface area contributed by atoms with Crippen molar-refractivity contribution in [3.63, 3.8) is 0 Å². The van der Waals surface area contributed by atoms with Crippen molar-refractivity contribution in [2.24, 2.45) is 23.7 Å². The van der Waals surface area contributed by atoms with Gasteiger partial charge in [0.15, 0.2) is 5.78 Å². The van der Waals surface area contributed by atoms with Crippen LogP contribution in [0, 0.1) is 23.7 Å².